The Morgan fingerprint density at radius 2 is 1.07 bits per heavy atom. The van der Waals surface area contributed by atoms with E-state index < -0.39 is 33.1 Å². The van der Waals surface area contributed by atoms with Crippen molar-refractivity contribution in [3.63, 3.8) is 0 Å². The lowest BCUT2D eigenvalue weighted by Crippen LogP contribution is -2.35. The minimum Gasteiger partial charge on any atom is -0.543 e. The summed E-state index contributed by atoms with van der Waals surface area (Å²) in [5.74, 6) is 1.96. The Morgan fingerprint density at radius 1 is 0.567 bits per heavy atom. The van der Waals surface area contributed by atoms with Crippen LogP contribution in [0.5, 0.6) is 11.5 Å². The van der Waals surface area contributed by atoms with E-state index in [0.717, 1.165) is 28.3 Å². The van der Waals surface area contributed by atoms with Gasteiger partial charge in [0.15, 0.2) is 0 Å². The highest BCUT2D eigenvalue weighted by Gasteiger charge is 2.27. The van der Waals surface area contributed by atoms with Crippen LogP contribution in [-0.2, 0) is 0 Å². The van der Waals surface area contributed by atoms with E-state index in [9.17, 15) is 0 Å². The quantitative estimate of drug-likeness (QED) is 0.380. The molecule has 0 amide bonds. The smallest absolute Gasteiger partial charge is 0.242 e. The first-order chi connectivity index (χ1) is 13.3. The zero-order valence-corrected chi connectivity index (χ0v) is 25.1. The maximum atomic E-state index is 6.67. The van der Waals surface area contributed by atoms with Gasteiger partial charge in [0, 0.05) is 10.8 Å². The average Bonchev–Trinajstić information content (AvgIpc) is 2.46. The number of nitrogens with one attached hydrogen (secondary N) is 2. The summed E-state index contributed by atoms with van der Waals surface area (Å²) in [4.78, 5) is 7.64. The van der Waals surface area contributed by atoms with Crippen LogP contribution in [0.4, 0.5) is 11.4 Å². The van der Waals surface area contributed by atoms with E-state index in [2.05, 4.69) is 113 Å². The van der Waals surface area contributed by atoms with Gasteiger partial charge in [-0.3, -0.25) is 0 Å². The van der Waals surface area contributed by atoms with E-state index in [1.54, 1.807) is 0 Å². The number of fused-ring (bicyclic) bond motifs is 1. The van der Waals surface area contributed by atoms with Crippen LogP contribution in [0.2, 0.25) is 78.6 Å². The van der Waals surface area contributed by atoms with Crippen LogP contribution in [0.3, 0.4) is 0 Å². The molecule has 2 aromatic carbocycles. The van der Waals surface area contributed by atoms with E-state index >= 15 is 0 Å². The summed E-state index contributed by atoms with van der Waals surface area (Å²) in [7, 11) is -6.66. The molecule has 0 fully saturated rings. The van der Waals surface area contributed by atoms with Gasteiger partial charge in [0.2, 0.25) is 16.6 Å². The Balaban J connectivity index is 2.80. The molecule has 0 aliphatic heterocycles. The molecule has 2 aromatic rings. The molecule has 0 radical (unpaired) electrons. The third kappa shape index (κ3) is 7.47. The molecule has 0 atom stereocenters. The number of benzene rings is 2. The van der Waals surface area contributed by atoms with Crippen molar-refractivity contribution < 1.29 is 8.85 Å². The second-order valence-corrected chi connectivity index (χ2v) is 30.5. The van der Waals surface area contributed by atoms with Gasteiger partial charge in [-0.15, -0.1) is 0 Å². The largest absolute Gasteiger partial charge is 0.543 e. The molecule has 0 saturated heterocycles. The fourth-order valence-electron chi connectivity index (χ4n) is 3.20. The molecule has 2 N–H and O–H groups in total. The van der Waals surface area contributed by atoms with Gasteiger partial charge in [0.1, 0.15) is 28.0 Å². The third-order valence-corrected chi connectivity index (χ3v) is 7.62. The van der Waals surface area contributed by atoms with Crippen LogP contribution in [-0.4, -0.2) is 33.1 Å². The number of rotatable bonds is 8. The molecule has 8 heteroatoms. The van der Waals surface area contributed by atoms with Crippen molar-refractivity contribution in [2.24, 2.45) is 0 Å². The van der Waals surface area contributed by atoms with Crippen molar-refractivity contribution in [1.82, 2.24) is 0 Å². The number of hydrogen-bond acceptors (Lipinski definition) is 4. The normalized spacial score (nSPS) is 13.3. The molecule has 30 heavy (non-hydrogen) atoms. The van der Waals surface area contributed by atoms with Crippen molar-refractivity contribution >= 4 is 55.3 Å². The van der Waals surface area contributed by atoms with Crippen LogP contribution >= 0.6 is 0 Å². The van der Waals surface area contributed by atoms with Gasteiger partial charge in [0.25, 0.3) is 0 Å². The maximum absolute atomic E-state index is 6.67. The predicted molar refractivity (Wildman–Crippen MR) is 146 cm³/mol. The summed E-state index contributed by atoms with van der Waals surface area (Å²) in [5.41, 5.74) is 2.23. The van der Waals surface area contributed by atoms with Gasteiger partial charge in [-0.25, -0.2) is 0 Å². The van der Waals surface area contributed by atoms with Crippen LogP contribution in [0.25, 0.3) is 10.8 Å². The lowest BCUT2D eigenvalue weighted by Gasteiger charge is -2.30. The van der Waals surface area contributed by atoms with E-state index in [4.69, 9.17) is 8.85 Å². The first-order valence-corrected chi connectivity index (χ1v) is 24.7. The highest BCUT2D eigenvalue weighted by Crippen LogP contribution is 2.43. The van der Waals surface area contributed by atoms with E-state index in [1.165, 1.54) is 5.39 Å². The number of anilines is 2. The molecule has 168 valence electrons. The Morgan fingerprint density at radius 3 is 1.53 bits per heavy atom. The zero-order chi connectivity index (χ0) is 23.1. The SMILES string of the molecule is C[Si](C)(C)Nc1ccc2c(N[Si](C)(C)C)c(O[Si](C)(C)C)ccc2c1O[Si](C)(C)C. The molecule has 4 nitrogen and oxygen atoms in total. The lowest BCUT2D eigenvalue weighted by atomic mass is 10.1. The lowest BCUT2D eigenvalue weighted by molar-refractivity contribution is 0.560. The van der Waals surface area contributed by atoms with Crippen LogP contribution in [0.1, 0.15) is 0 Å². The predicted octanol–water partition coefficient (Wildman–Crippen LogP) is 7.76. The van der Waals surface area contributed by atoms with Crippen molar-refractivity contribution in [2.45, 2.75) is 78.6 Å². The van der Waals surface area contributed by atoms with E-state index in [0.29, 0.717) is 0 Å². The molecular formula is C22H42N2O2Si4. The van der Waals surface area contributed by atoms with Gasteiger partial charge >= 0.3 is 0 Å². The highest BCUT2D eigenvalue weighted by molar-refractivity contribution is 6.80. The van der Waals surface area contributed by atoms with Crippen LogP contribution in [0.15, 0.2) is 24.3 Å². The Bertz CT molecular complexity index is 830. The van der Waals surface area contributed by atoms with Crippen molar-refractivity contribution in [3.8, 4) is 11.5 Å². The van der Waals surface area contributed by atoms with Gasteiger partial charge in [-0.05, 0) is 63.5 Å². The van der Waals surface area contributed by atoms with Crippen LogP contribution in [0, 0.1) is 0 Å². The summed E-state index contributed by atoms with van der Waals surface area (Å²) >= 11 is 0. The topological polar surface area (TPSA) is 42.5 Å². The standard InChI is InChI=1S/C22H42N2O2Si4/c1-27(2,3)23-19-15-13-17-18(22(19)26-30(10,11)12)14-16-20(25-29(7,8)9)21(17)24-28(4,5)6/h13-16,23-24H,1-12H3. The molecular weight excluding hydrogens is 437 g/mol. The summed E-state index contributed by atoms with van der Waals surface area (Å²) < 4.78 is 13.2. The summed E-state index contributed by atoms with van der Waals surface area (Å²) in [6, 6.07) is 8.75. The Hall–Kier alpha value is -1.23. The van der Waals surface area contributed by atoms with Gasteiger partial charge in [-0.2, -0.15) is 0 Å². The molecule has 2 rings (SSSR count). The van der Waals surface area contributed by atoms with Crippen molar-refractivity contribution in [2.75, 3.05) is 9.96 Å². The van der Waals surface area contributed by atoms with E-state index in [1.807, 2.05) is 0 Å². The van der Waals surface area contributed by atoms with Gasteiger partial charge in [-0.1, -0.05) is 39.3 Å². The van der Waals surface area contributed by atoms with Crippen molar-refractivity contribution in [3.05, 3.63) is 24.3 Å². The molecule has 0 unspecified atom stereocenters. The first-order valence-electron chi connectivity index (χ1n) is 10.9. The summed E-state index contributed by atoms with van der Waals surface area (Å²) in [6.45, 7) is 27.4. The molecule has 0 spiro atoms. The Labute approximate surface area is 188 Å². The monoisotopic (exact) mass is 478 g/mol. The molecule has 0 aromatic heterocycles. The molecule has 0 bridgehead atoms. The fraction of sp³-hybridized carbons (Fsp3) is 0.545. The third-order valence-electron chi connectivity index (χ3n) is 3.95. The fourth-order valence-corrected chi connectivity index (χ4v) is 6.87. The molecule has 0 aliphatic rings. The Kier molecular flexibility index (Phi) is 6.98. The summed E-state index contributed by atoms with van der Waals surface area (Å²) in [6.07, 6.45) is 0. The molecule has 0 aliphatic carbocycles. The second-order valence-electron chi connectivity index (χ2n) is 12.2. The minimum absolute atomic E-state index is 0.967. The minimum atomic E-state index is -1.80. The zero-order valence-electron chi connectivity index (χ0n) is 21.1. The van der Waals surface area contributed by atoms with Crippen molar-refractivity contribution in [1.29, 1.82) is 0 Å². The first kappa shape index (κ1) is 25.0. The number of hydrogen-bond donors (Lipinski definition) is 2. The molecule has 0 saturated carbocycles. The van der Waals surface area contributed by atoms with Crippen LogP contribution < -0.4 is 18.8 Å². The summed E-state index contributed by atoms with van der Waals surface area (Å²) in [5, 5.41) is 2.34. The maximum Gasteiger partial charge on any atom is 0.242 e. The highest BCUT2D eigenvalue weighted by atomic mass is 28.4. The van der Waals surface area contributed by atoms with Gasteiger partial charge < -0.3 is 18.8 Å². The second kappa shape index (κ2) is 8.37. The van der Waals surface area contributed by atoms with E-state index in [-0.39, 0.29) is 0 Å². The van der Waals surface area contributed by atoms with Gasteiger partial charge in [0.05, 0.1) is 11.4 Å². The molecule has 0 heterocycles. The average molecular weight is 479 g/mol.